The number of carbonyl (C=O) groups excluding carboxylic acids is 1. The summed E-state index contributed by atoms with van der Waals surface area (Å²) in [6.07, 6.45) is 0.646. The lowest BCUT2D eigenvalue weighted by molar-refractivity contribution is -0.138. The van der Waals surface area contributed by atoms with E-state index in [4.69, 9.17) is 4.74 Å². The topological polar surface area (TPSA) is 26.3 Å². The average molecular weight is 427 g/mol. The molecule has 1 aromatic rings. The van der Waals surface area contributed by atoms with Crippen LogP contribution >= 0.6 is 47.8 Å². The molecule has 1 rings (SSSR count). The summed E-state index contributed by atoms with van der Waals surface area (Å²) in [5, 5.41) is 0. The predicted octanol–water partition coefficient (Wildman–Crippen LogP) is 4.64. The second kappa shape index (κ2) is 6.71. The highest BCUT2D eigenvalue weighted by atomic mass is 79.9. The van der Waals surface area contributed by atoms with Gasteiger partial charge in [0.25, 0.3) is 0 Å². The number of esters is 1. The first-order chi connectivity index (χ1) is 7.91. The summed E-state index contributed by atoms with van der Waals surface area (Å²) in [5.41, 5.74) is 1.49. The molecule has 0 N–H and O–H groups in total. The minimum absolute atomic E-state index is 0.338. The third kappa shape index (κ3) is 4.56. The molecular weight excluding hydrogens is 416 g/mol. The van der Waals surface area contributed by atoms with Crippen molar-refractivity contribution in [2.24, 2.45) is 0 Å². The van der Waals surface area contributed by atoms with Gasteiger partial charge in [-0.25, -0.2) is 4.79 Å². The van der Waals surface area contributed by atoms with Crippen molar-refractivity contribution < 1.29 is 9.53 Å². The number of rotatable bonds is 4. The minimum Gasteiger partial charge on any atom is -0.462 e. The normalized spacial score (nSPS) is 10.1. The second-order valence-electron chi connectivity index (χ2n) is 3.51. The van der Waals surface area contributed by atoms with Gasteiger partial charge in [0.05, 0.1) is 6.61 Å². The number of ether oxygens (including phenoxy) is 1. The van der Waals surface area contributed by atoms with Gasteiger partial charge in [-0.3, -0.25) is 0 Å². The lowest BCUT2D eigenvalue weighted by Gasteiger charge is -2.09. The summed E-state index contributed by atoms with van der Waals surface area (Å²) in [6, 6.07) is 3.92. The smallest absolute Gasteiger partial charge is 0.333 e. The SMILES string of the molecule is C=C(C)C(=O)OCCc1c(Br)cc(Br)cc1Br. The van der Waals surface area contributed by atoms with Gasteiger partial charge < -0.3 is 4.74 Å². The first-order valence-corrected chi connectivity index (χ1v) is 7.25. The number of carbonyl (C=O) groups is 1. The Bertz CT molecular complexity index is 432. The molecule has 0 atom stereocenters. The van der Waals surface area contributed by atoms with E-state index in [-0.39, 0.29) is 5.97 Å². The van der Waals surface area contributed by atoms with Crippen LogP contribution in [-0.2, 0) is 16.0 Å². The van der Waals surface area contributed by atoms with Crippen molar-refractivity contribution in [3.63, 3.8) is 0 Å². The molecule has 5 heteroatoms. The van der Waals surface area contributed by atoms with Crippen LogP contribution in [0, 0.1) is 0 Å². The van der Waals surface area contributed by atoms with Gasteiger partial charge in [0.2, 0.25) is 0 Å². The maximum Gasteiger partial charge on any atom is 0.333 e. The number of hydrogen-bond acceptors (Lipinski definition) is 2. The lowest BCUT2D eigenvalue weighted by Crippen LogP contribution is -2.08. The Morgan fingerprint density at radius 1 is 1.29 bits per heavy atom. The molecule has 1 aromatic carbocycles. The van der Waals surface area contributed by atoms with Gasteiger partial charge in [-0.2, -0.15) is 0 Å². The fourth-order valence-corrected chi connectivity index (χ4v) is 3.84. The summed E-state index contributed by atoms with van der Waals surface area (Å²) >= 11 is 10.4. The molecule has 0 aliphatic rings. The van der Waals surface area contributed by atoms with Crippen LogP contribution in [0.15, 0.2) is 37.7 Å². The van der Waals surface area contributed by atoms with Crippen LogP contribution in [-0.4, -0.2) is 12.6 Å². The maximum absolute atomic E-state index is 11.2. The summed E-state index contributed by atoms with van der Waals surface area (Å²) in [7, 11) is 0. The maximum atomic E-state index is 11.2. The molecule has 0 saturated carbocycles. The molecule has 0 radical (unpaired) electrons. The van der Waals surface area contributed by atoms with Crippen LogP contribution in [0.3, 0.4) is 0 Å². The molecule has 0 spiro atoms. The van der Waals surface area contributed by atoms with Crippen molar-refractivity contribution in [2.45, 2.75) is 13.3 Å². The number of hydrogen-bond donors (Lipinski definition) is 0. The lowest BCUT2D eigenvalue weighted by atomic mass is 10.2. The zero-order valence-corrected chi connectivity index (χ0v) is 14.0. The molecule has 0 amide bonds. The summed E-state index contributed by atoms with van der Waals surface area (Å²) in [6.45, 7) is 5.50. The third-order valence-corrected chi connectivity index (χ3v) is 3.91. The van der Waals surface area contributed by atoms with E-state index in [0.29, 0.717) is 18.6 Å². The van der Waals surface area contributed by atoms with Crippen LogP contribution in [0.4, 0.5) is 0 Å². The molecule has 0 aromatic heterocycles. The number of benzene rings is 1. The van der Waals surface area contributed by atoms with E-state index < -0.39 is 0 Å². The molecule has 0 aliphatic carbocycles. The van der Waals surface area contributed by atoms with E-state index in [2.05, 4.69) is 54.4 Å². The Hall–Kier alpha value is -0.130. The highest BCUT2D eigenvalue weighted by Crippen LogP contribution is 2.30. The Morgan fingerprint density at radius 3 is 2.29 bits per heavy atom. The molecule has 0 bridgehead atoms. The predicted molar refractivity (Wildman–Crippen MR) is 79.0 cm³/mol. The van der Waals surface area contributed by atoms with Crippen molar-refractivity contribution in [3.05, 3.63) is 43.3 Å². The summed E-state index contributed by atoms with van der Waals surface area (Å²) < 4.78 is 7.99. The molecule has 0 heterocycles. The van der Waals surface area contributed by atoms with Crippen molar-refractivity contribution in [2.75, 3.05) is 6.61 Å². The van der Waals surface area contributed by atoms with Gasteiger partial charge >= 0.3 is 5.97 Å². The highest BCUT2D eigenvalue weighted by Gasteiger charge is 2.08. The largest absolute Gasteiger partial charge is 0.462 e. The number of halogens is 3. The van der Waals surface area contributed by atoms with E-state index >= 15 is 0 Å². The van der Waals surface area contributed by atoms with E-state index in [0.717, 1.165) is 19.0 Å². The van der Waals surface area contributed by atoms with E-state index in [1.165, 1.54) is 0 Å². The molecule has 0 fully saturated rings. The van der Waals surface area contributed by atoms with Gasteiger partial charge in [-0.1, -0.05) is 54.4 Å². The highest BCUT2D eigenvalue weighted by molar-refractivity contribution is 9.11. The van der Waals surface area contributed by atoms with Gasteiger partial charge in [-0.15, -0.1) is 0 Å². The van der Waals surface area contributed by atoms with Crippen molar-refractivity contribution in [1.29, 1.82) is 0 Å². The molecule has 0 unspecified atom stereocenters. The quantitative estimate of drug-likeness (QED) is 0.518. The Morgan fingerprint density at radius 2 is 1.82 bits per heavy atom. The molecule has 2 nitrogen and oxygen atoms in total. The standard InChI is InChI=1S/C12H11Br3O2/c1-7(2)12(16)17-4-3-9-10(14)5-8(13)6-11(9)15/h5-6H,1,3-4H2,2H3. The summed E-state index contributed by atoms with van der Waals surface area (Å²) in [5.74, 6) is -0.352. The first-order valence-electron chi connectivity index (χ1n) is 4.88. The molecule has 17 heavy (non-hydrogen) atoms. The van der Waals surface area contributed by atoms with Crippen molar-refractivity contribution >= 4 is 53.8 Å². The van der Waals surface area contributed by atoms with Gasteiger partial charge in [0, 0.05) is 25.4 Å². The molecule has 0 saturated heterocycles. The molecule has 0 aliphatic heterocycles. The summed E-state index contributed by atoms with van der Waals surface area (Å²) in [4.78, 5) is 11.2. The average Bonchev–Trinajstić information content (AvgIpc) is 2.21. The third-order valence-electron chi connectivity index (χ3n) is 2.04. The van der Waals surface area contributed by atoms with Crippen LogP contribution in [0.2, 0.25) is 0 Å². The monoisotopic (exact) mass is 424 g/mol. The molecule has 92 valence electrons. The van der Waals surface area contributed by atoms with E-state index in [9.17, 15) is 4.79 Å². The van der Waals surface area contributed by atoms with Crippen LogP contribution in [0.25, 0.3) is 0 Å². The Balaban J connectivity index is 2.64. The second-order valence-corrected chi connectivity index (χ2v) is 6.14. The Kier molecular flexibility index (Phi) is 5.89. The fourth-order valence-electron chi connectivity index (χ4n) is 1.18. The van der Waals surface area contributed by atoms with Gasteiger partial charge in [0.15, 0.2) is 0 Å². The van der Waals surface area contributed by atoms with Crippen LogP contribution < -0.4 is 0 Å². The first kappa shape index (κ1) is 14.9. The zero-order valence-electron chi connectivity index (χ0n) is 9.23. The van der Waals surface area contributed by atoms with Crippen LogP contribution in [0.5, 0.6) is 0 Å². The van der Waals surface area contributed by atoms with Gasteiger partial charge in [-0.05, 0) is 24.6 Å². The van der Waals surface area contributed by atoms with E-state index in [1.807, 2.05) is 12.1 Å². The van der Waals surface area contributed by atoms with Crippen LogP contribution in [0.1, 0.15) is 12.5 Å². The molecular formula is C12H11Br3O2. The zero-order chi connectivity index (χ0) is 13.0. The van der Waals surface area contributed by atoms with Gasteiger partial charge in [0.1, 0.15) is 0 Å². The minimum atomic E-state index is -0.352. The van der Waals surface area contributed by atoms with Crippen molar-refractivity contribution in [3.8, 4) is 0 Å². The van der Waals surface area contributed by atoms with E-state index in [1.54, 1.807) is 6.92 Å². The Labute approximate surface area is 126 Å². The fraction of sp³-hybridized carbons (Fsp3) is 0.250. The van der Waals surface area contributed by atoms with Crippen molar-refractivity contribution in [1.82, 2.24) is 0 Å².